The minimum absolute atomic E-state index is 0. The van der Waals surface area contributed by atoms with E-state index in [1.54, 1.807) is 19.2 Å². The molecule has 10 radical (unpaired) electrons. The summed E-state index contributed by atoms with van der Waals surface area (Å²) >= 11 is 0. The fraction of sp³-hybridized carbons (Fsp3) is 0.325. The van der Waals surface area contributed by atoms with Crippen LogP contribution in [0.2, 0.25) is 0 Å². The van der Waals surface area contributed by atoms with E-state index in [0.29, 0.717) is 12.3 Å². The van der Waals surface area contributed by atoms with Gasteiger partial charge >= 0.3 is 17.1 Å². The quantitative estimate of drug-likeness (QED) is 0.119. The largest absolute Gasteiger partial charge is 2.00 e. The zero-order chi connectivity index (χ0) is 33.1. The minimum atomic E-state index is 0. The van der Waals surface area contributed by atoms with Crippen LogP contribution in [-0.4, -0.2) is 83.8 Å². The number of rotatable bonds is 13. The molecule has 1 aliphatic heterocycles. The number of fused-ring (bicyclic) bond motifs is 3. The zero-order valence-electron chi connectivity index (χ0n) is 28.6. The first kappa shape index (κ1) is 37.4. The fourth-order valence-corrected chi connectivity index (χ4v) is 6.56. The molecule has 2 aromatic carbocycles. The molecule has 256 valence electrons. The maximum absolute atomic E-state index is 10.1. The molecular formula is C40H48FeN6O2+2. The number of hydrogen-bond donors (Lipinski definition) is 3. The summed E-state index contributed by atoms with van der Waals surface area (Å²) in [5.41, 5.74) is 6.69. The molecule has 2 aliphatic carbocycles. The minimum Gasteiger partial charge on any atom is -0.508 e. The number of aryl methyl sites for hydroxylation is 1. The smallest absolute Gasteiger partial charge is 0.508 e. The summed E-state index contributed by atoms with van der Waals surface area (Å²) in [5.74, 6) is 3.28. The van der Waals surface area contributed by atoms with Gasteiger partial charge in [0, 0.05) is 56.9 Å². The Labute approximate surface area is 304 Å². The molecule has 0 atom stereocenters. The number of aromatic hydroxyl groups is 1. The van der Waals surface area contributed by atoms with Crippen molar-refractivity contribution in [3.8, 4) is 11.5 Å². The molecule has 4 aromatic rings. The number of para-hydroxylation sites is 2. The summed E-state index contributed by atoms with van der Waals surface area (Å²) in [5, 5.41) is 17.2. The van der Waals surface area contributed by atoms with Gasteiger partial charge in [-0.3, -0.25) is 0 Å². The Morgan fingerprint density at radius 2 is 1.49 bits per heavy atom. The van der Waals surface area contributed by atoms with Gasteiger partial charge < -0.3 is 34.7 Å². The number of benzene rings is 2. The number of phenolic OH excluding ortho intramolecular Hbond substituents is 1. The zero-order valence-corrected chi connectivity index (χ0v) is 29.7. The normalized spacial score (nSPS) is 17.3. The third kappa shape index (κ3) is 9.92. The molecule has 3 heterocycles. The standard InChI is InChI=1S/C35H43N6O2.C5H5.Fe/c1-26-25-41-31-12-6-5-11-30(31)38-35(34(41)33(26)27-9-3-4-10-27)37-16-8-18-40-21-19-39(20-22-40)17-7-15-36-24-28-23-29(43-2)13-14-32(28)42;1-2-4-5-3-1;/h3-6,9-14,23,25,36,42H,7-8,15-22,24H2,1-2H3,(H,37,38);1-5H;/q;;+2. The maximum atomic E-state index is 10.1. The van der Waals surface area contributed by atoms with Gasteiger partial charge in [0.15, 0.2) is 5.82 Å². The molecule has 8 nitrogen and oxygen atoms in total. The molecule has 0 spiro atoms. The molecule has 49 heavy (non-hydrogen) atoms. The third-order valence-corrected chi connectivity index (χ3v) is 9.14. The van der Waals surface area contributed by atoms with Gasteiger partial charge in [0.25, 0.3) is 0 Å². The van der Waals surface area contributed by atoms with Crippen molar-refractivity contribution in [1.29, 1.82) is 0 Å². The molecule has 2 aromatic heterocycles. The van der Waals surface area contributed by atoms with Crippen LogP contribution in [-0.2, 0) is 23.6 Å². The van der Waals surface area contributed by atoms with Crippen molar-refractivity contribution in [2.24, 2.45) is 0 Å². The molecule has 3 fully saturated rings. The van der Waals surface area contributed by atoms with Crippen LogP contribution in [0.1, 0.15) is 29.5 Å². The Kier molecular flexibility index (Phi) is 14.5. The SMILES string of the molecule is COc1ccc(O)c(CNCCCN2CCN(CCCNc3nc4ccccc4n4cc(C)c([C]5[CH][CH][CH][CH]5)c34)CC2)c1.[CH]1[CH][CH][CH][CH]1.[Fe+2]. The van der Waals surface area contributed by atoms with Gasteiger partial charge in [-0.15, -0.1) is 0 Å². The molecule has 0 amide bonds. The van der Waals surface area contributed by atoms with Gasteiger partial charge in [0.05, 0.1) is 23.7 Å². The first-order valence-electron chi connectivity index (χ1n) is 17.1. The second-order valence-electron chi connectivity index (χ2n) is 12.5. The Hall–Kier alpha value is -2.81. The average molecular weight is 701 g/mol. The van der Waals surface area contributed by atoms with Crippen LogP contribution >= 0.6 is 0 Å². The predicted octanol–water partition coefficient (Wildman–Crippen LogP) is 5.88. The summed E-state index contributed by atoms with van der Waals surface area (Å²) in [7, 11) is 1.65. The summed E-state index contributed by atoms with van der Waals surface area (Å²) in [6, 6.07) is 13.7. The van der Waals surface area contributed by atoms with E-state index in [1.165, 1.54) is 17.0 Å². The van der Waals surface area contributed by atoms with E-state index >= 15 is 0 Å². The van der Waals surface area contributed by atoms with Gasteiger partial charge in [-0.1, -0.05) is 12.1 Å². The molecule has 9 heteroatoms. The molecule has 0 bridgehead atoms. The predicted molar refractivity (Wildman–Crippen MR) is 195 cm³/mol. The Morgan fingerprint density at radius 1 is 0.837 bits per heavy atom. The second-order valence-corrected chi connectivity index (χ2v) is 12.5. The fourth-order valence-electron chi connectivity index (χ4n) is 6.56. The van der Waals surface area contributed by atoms with Crippen LogP contribution in [0.25, 0.3) is 16.6 Å². The van der Waals surface area contributed by atoms with Crippen molar-refractivity contribution in [2.45, 2.75) is 26.3 Å². The van der Waals surface area contributed by atoms with Crippen LogP contribution in [0.15, 0.2) is 48.7 Å². The number of methoxy groups -OCH3 is 1. The molecule has 0 unspecified atom stereocenters. The number of aromatic nitrogens is 2. The topological polar surface area (TPSA) is 77.3 Å². The Balaban J connectivity index is 0.000000717. The van der Waals surface area contributed by atoms with Crippen molar-refractivity contribution in [3.63, 3.8) is 0 Å². The Bertz CT molecular complexity index is 1580. The Morgan fingerprint density at radius 3 is 2.16 bits per heavy atom. The first-order chi connectivity index (χ1) is 23.6. The van der Waals surface area contributed by atoms with E-state index in [4.69, 9.17) is 9.72 Å². The summed E-state index contributed by atoms with van der Waals surface area (Å²) < 4.78 is 7.57. The van der Waals surface area contributed by atoms with Crippen molar-refractivity contribution in [1.82, 2.24) is 24.5 Å². The van der Waals surface area contributed by atoms with Gasteiger partial charge in [-0.2, -0.15) is 0 Å². The van der Waals surface area contributed by atoms with Crippen LogP contribution in [0.3, 0.4) is 0 Å². The molecule has 2 saturated carbocycles. The number of nitrogens with zero attached hydrogens (tertiary/aromatic N) is 4. The summed E-state index contributed by atoms with van der Waals surface area (Å²) in [6.45, 7) is 11.3. The number of ether oxygens (including phenoxy) is 1. The number of anilines is 1. The third-order valence-electron chi connectivity index (χ3n) is 9.14. The van der Waals surface area contributed by atoms with Crippen molar-refractivity contribution >= 4 is 22.4 Å². The van der Waals surface area contributed by atoms with Crippen molar-refractivity contribution in [2.75, 3.05) is 64.8 Å². The molecule has 3 N–H and O–H groups in total. The average Bonchev–Trinajstić information content (AvgIpc) is 3.92. The van der Waals surface area contributed by atoms with Crippen molar-refractivity contribution < 1.29 is 26.9 Å². The van der Waals surface area contributed by atoms with E-state index in [-0.39, 0.29) is 17.1 Å². The van der Waals surface area contributed by atoms with E-state index < -0.39 is 0 Å². The van der Waals surface area contributed by atoms with Crippen LogP contribution in [0.5, 0.6) is 11.5 Å². The van der Waals surface area contributed by atoms with Crippen LogP contribution in [0.4, 0.5) is 5.82 Å². The van der Waals surface area contributed by atoms with Gasteiger partial charge in [0.2, 0.25) is 0 Å². The first-order valence-corrected chi connectivity index (χ1v) is 17.1. The number of piperazine rings is 1. The summed E-state index contributed by atoms with van der Waals surface area (Å²) in [4.78, 5) is 10.2. The molecule has 1 saturated heterocycles. The summed E-state index contributed by atoms with van der Waals surface area (Å²) in [6.07, 6.45) is 23.0. The second kappa shape index (κ2) is 19.0. The van der Waals surface area contributed by atoms with E-state index in [1.807, 2.05) is 38.2 Å². The molecule has 3 aliphatic rings. The van der Waals surface area contributed by atoms with Gasteiger partial charge in [-0.05, 0) is 139 Å². The molecular weight excluding hydrogens is 652 g/mol. The van der Waals surface area contributed by atoms with E-state index in [2.05, 4.69) is 87.9 Å². The number of nitrogens with one attached hydrogen (secondary N) is 2. The number of phenols is 1. The number of hydrogen-bond acceptors (Lipinski definition) is 7. The maximum Gasteiger partial charge on any atom is 2.00 e. The van der Waals surface area contributed by atoms with E-state index in [9.17, 15) is 5.11 Å². The van der Waals surface area contributed by atoms with Gasteiger partial charge in [-0.25, -0.2) is 4.98 Å². The van der Waals surface area contributed by atoms with Crippen molar-refractivity contribution in [3.05, 3.63) is 129 Å². The van der Waals surface area contributed by atoms with Crippen LogP contribution < -0.4 is 15.4 Å². The molecule has 7 rings (SSSR count). The van der Waals surface area contributed by atoms with E-state index in [0.717, 1.165) is 98.9 Å². The van der Waals surface area contributed by atoms with Gasteiger partial charge in [0.1, 0.15) is 11.5 Å². The van der Waals surface area contributed by atoms with Crippen LogP contribution in [0, 0.1) is 70.6 Å². The monoisotopic (exact) mass is 700 g/mol.